The quantitative estimate of drug-likeness (QED) is 0.579. The normalized spacial score (nSPS) is 20.6. The summed E-state index contributed by atoms with van der Waals surface area (Å²) in [7, 11) is 5.95. The Morgan fingerprint density at radius 1 is 1.25 bits per heavy atom. The van der Waals surface area contributed by atoms with Gasteiger partial charge >= 0.3 is 0 Å². The zero-order valence-corrected chi connectivity index (χ0v) is 12.7. The third-order valence-corrected chi connectivity index (χ3v) is 3.44. The number of hydrogen-bond donors (Lipinski definition) is 2. The number of nitrogens with one attached hydrogen (secondary N) is 1. The second kappa shape index (κ2) is 6.19. The van der Waals surface area contributed by atoms with Crippen LogP contribution in [-0.4, -0.2) is 66.7 Å². The fourth-order valence-electron chi connectivity index (χ4n) is 2.42. The SMILES string of the molecule is CC1CN(C)CCCN1c1nc(NN)nc(N(C)C)n1. The summed E-state index contributed by atoms with van der Waals surface area (Å²) in [5.41, 5.74) is 2.51. The lowest BCUT2D eigenvalue weighted by atomic mass is 10.3. The highest BCUT2D eigenvalue weighted by Gasteiger charge is 2.23. The van der Waals surface area contributed by atoms with Crippen molar-refractivity contribution >= 4 is 17.8 Å². The topological polar surface area (TPSA) is 86.4 Å². The van der Waals surface area contributed by atoms with E-state index >= 15 is 0 Å². The maximum atomic E-state index is 5.46. The Balaban J connectivity index is 2.32. The molecular weight excluding hydrogens is 256 g/mol. The van der Waals surface area contributed by atoms with Crippen LogP contribution in [0.25, 0.3) is 0 Å². The van der Waals surface area contributed by atoms with Gasteiger partial charge in [-0.1, -0.05) is 0 Å². The van der Waals surface area contributed by atoms with Crippen LogP contribution in [0.1, 0.15) is 13.3 Å². The minimum absolute atomic E-state index is 0.352. The number of rotatable bonds is 3. The van der Waals surface area contributed by atoms with Crippen LogP contribution >= 0.6 is 0 Å². The molecule has 1 fully saturated rings. The van der Waals surface area contributed by atoms with E-state index in [0.29, 0.717) is 23.9 Å². The molecule has 0 radical (unpaired) electrons. The van der Waals surface area contributed by atoms with Crippen molar-refractivity contribution in [2.24, 2.45) is 5.84 Å². The number of hydrazine groups is 1. The van der Waals surface area contributed by atoms with E-state index in [2.05, 4.69) is 44.1 Å². The Bertz CT molecular complexity index is 449. The van der Waals surface area contributed by atoms with Crippen molar-refractivity contribution in [1.82, 2.24) is 19.9 Å². The predicted octanol–water partition coefficient (Wildman–Crippen LogP) is -0.246. The van der Waals surface area contributed by atoms with Gasteiger partial charge in [0, 0.05) is 33.2 Å². The van der Waals surface area contributed by atoms with E-state index in [1.807, 2.05) is 19.0 Å². The fraction of sp³-hybridized carbons (Fsp3) is 0.750. The molecule has 0 amide bonds. The number of aromatic nitrogens is 3. The average molecular weight is 280 g/mol. The van der Waals surface area contributed by atoms with Gasteiger partial charge in [0.1, 0.15) is 0 Å². The van der Waals surface area contributed by atoms with E-state index in [-0.39, 0.29) is 0 Å². The summed E-state index contributed by atoms with van der Waals surface area (Å²) >= 11 is 0. The van der Waals surface area contributed by atoms with Crippen molar-refractivity contribution < 1.29 is 0 Å². The van der Waals surface area contributed by atoms with Gasteiger partial charge in [0.05, 0.1) is 0 Å². The van der Waals surface area contributed by atoms with Gasteiger partial charge in [-0.2, -0.15) is 15.0 Å². The van der Waals surface area contributed by atoms with Crippen LogP contribution in [0.4, 0.5) is 17.8 Å². The van der Waals surface area contributed by atoms with Crippen molar-refractivity contribution in [2.75, 3.05) is 56.0 Å². The van der Waals surface area contributed by atoms with E-state index in [4.69, 9.17) is 5.84 Å². The molecule has 1 aliphatic heterocycles. The highest BCUT2D eigenvalue weighted by atomic mass is 15.4. The molecule has 0 saturated carbocycles. The van der Waals surface area contributed by atoms with Crippen molar-refractivity contribution in [3.63, 3.8) is 0 Å². The van der Waals surface area contributed by atoms with E-state index in [1.54, 1.807) is 0 Å². The smallest absolute Gasteiger partial charge is 0.243 e. The summed E-state index contributed by atoms with van der Waals surface area (Å²) in [6.45, 7) is 5.21. The maximum Gasteiger partial charge on any atom is 0.243 e. The maximum absolute atomic E-state index is 5.46. The standard InChI is InChI=1S/C12H24N8/c1-9-8-19(4)6-5-7-20(9)12-15-10(17-13)14-11(16-12)18(2)3/h9H,5-8,13H2,1-4H3,(H,14,15,16,17). The molecule has 8 nitrogen and oxygen atoms in total. The Labute approximate surface area is 120 Å². The van der Waals surface area contributed by atoms with Crippen LogP contribution in [0.5, 0.6) is 0 Å². The molecule has 0 spiro atoms. The molecule has 1 aromatic heterocycles. The molecule has 1 aliphatic rings. The van der Waals surface area contributed by atoms with Crippen LogP contribution in [-0.2, 0) is 0 Å². The molecule has 8 heteroatoms. The number of nitrogen functional groups attached to an aromatic ring is 1. The molecular formula is C12H24N8. The molecule has 3 N–H and O–H groups in total. The van der Waals surface area contributed by atoms with Gasteiger partial charge in [-0.15, -0.1) is 0 Å². The molecule has 0 aliphatic carbocycles. The summed E-state index contributed by atoms with van der Waals surface area (Å²) < 4.78 is 0. The molecule has 2 rings (SSSR count). The minimum Gasteiger partial charge on any atom is -0.347 e. The number of nitrogens with two attached hydrogens (primary N) is 1. The van der Waals surface area contributed by atoms with E-state index in [1.165, 1.54) is 0 Å². The van der Waals surface area contributed by atoms with E-state index in [0.717, 1.165) is 26.1 Å². The highest BCUT2D eigenvalue weighted by Crippen LogP contribution is 2.19. The predicted molar refractivity (Wildman–Crippen MR) is 80.9 cm³/mol. The number of anilines is 3. The summed E-state index contributed by atoms with van der Waals surface area (Å²) in [4.78, 5) is 19.6. The molecule has 2 heterocycles. The van der Waals surface area contributed by atoms with Gasteiger partial charge in [-0.3, -0.25) is 5.43 Å². The van der Waals surface area contributed by atoms with Crippen molar-refractivity contribution in [1.29, 1.82) is 0 Å². The van der Waals surface area contributed by atoms with Gasteiger partial charge in [0.25, 0.3) is 0 Å². The van der Waals surface area contributed by atoms with Gasteiger partial charge < -0.3 is 14.7 Å². The molecule has 1 atom stereocenters. The van der Waals surface area contributed by atoms with Crippen LogP contribution < -0.4 is 21.1 Å². The Kier molecular flexibility index (Phi) is 4.56. The van der Waals surface area contributed by atoms with Gasteiger partial charge in [0.2, 0.25) is 17.8 Å². The largest absolute Gasteiger partial charge is 0.347 e. The van der Waals surface area contributed by atoms with Crippen LogP contribution in [0, 0.1) is 0 Å². The van der Waals surface area contributed by atoms with Gasteiger partial charge in [0.15, 0.2) is 0 Å². The lowest BCUT2D eigenvalue weighted by molar-refractivity contribution is 0.337. The second-order valence-corrected chi connectivity index (χ2v) is 5.46. The highest BCUT2D eigenvalue weighted by molar-refractivity contribution is 5.44. The lowest BCUT2D eigenvalue weighted by Crippen LogP contribution is -2.39. The first-order valence-corrected chi connectivity index (χ1v) is 6.86. The molecule has 0 bridgehead atoms. The first-order valence-electron chi connectivity index (χ1n) is 6.86. The number of nitrogens with zero attached hydrogens (tertiary/aromatic N) is 6. The van der Waals surface area contributed by atoms with E-state index < -0.39 is 0 Å². The fourth-order valence-corrected chi connectivity index (χ4v) is 2.42. The van der Waals surface area contributed by atoms with Crippen LogP contribution in [0.3, 0.4) is 0 Å². The lowest BCUT2D eigenvalue weighted by Gasteiger charge is -2.28. The van der Waals surface area contributed by atoms with Gasteiger partial charge in [-0.05, 0) is 26.9 Å². The summed E-state index contributed by atoms with van der Waals surface area (Å²) in [6.07, 6.45) is 1.09. The minimum atomic E-state index is 0.352. The first kappa shape index (κ1) is 14.7. The Hall–Kier alpha value is -1.67. The van der Waals surface area contributed by atoms with Crippen molar-refractivity contribution in [2.45, 2.75) is 19.4 Å². The first-order chi connectivity index (χ1) is 9.51. The van der Waals surface area contributed by atoms with Crippen molar-refractivity contribution in [3.8, 4) is 0 Å². The summed E-state index contributed by atoms with van der Waals surface area (Å²) in [5.74, 6) is 7.13. The molecule has 20 heavy (non-hydrogen) atoms. The zero-order chi connectivity index (χ0) is 14.7. The third-order valence-electron chi connectivity index (χ3n) is 3.44. The molecule has 1 saturated heterocycles. The summed E-state index contributed by atoms with van der Waals surface area (Å²) in [6, 6.07) is 0.352. The van der Waals surface area contributed by atoms with Crippen LogP contribution in [0.15, 0.2) is 0 Å². The van der Waals surface area contributed by atoms with Crippen LogP contribution in [0.2, 0.25) is 0 Å². The Morgan fingerprint density at radius 3 is 2.65 bits per heavy atom. The molecule has 1 aromatic rings. The third kappa shape index (κ3) is 3.26. The molecule has 1 unspecified atom stereocenters. The number of likely N-dealkylation sites (N-methyl/N-ethyl adjacent to an activating group) is 1. The Morgan fingerprint density at radius 2 is 2.00 bits per heavy atom. The zero-order valence-electron chi connectivity index (χ0n) is 12.7. The summed E-state index contributed by atoms with van der Waals surface area (Å²) in [5, 5.41) is 0. The average Bonchev–Trinajstić information content (AvgIpc) is 2.58. The monoisotopic (exact) mass is 280 g/mol. The second-order valence-electron chi connectivity index (χ2n) is 5.46. The molecule has 0 aromatic carbocycles. The molecule has 112 valence electrons. The van der Waals surface area contributed by atoms with E-state index in [9.17, 15) is 0 Å². The van der Waals surface area contributed by atoms with Gasteiger partial charge in [-0.25, -0.2) is 5.84 Å². The van der Waals surface area contributed by atoms with Crippen molar-refractivity contribution in [3.05, 3.63) is 0 Å². The number of hydrogen-bond acceptors (Lipinski definition) is 8.